The predicted molar refractivity (Wildman–Crippen MR) is 79.1 cm³/mol. The number of hydrogen-bond acceptors (Lipinski definition) is 6. The quantitative estimate of drug-likeness (QED) is 0.795. The average Bonchev–Trinajstić information content (AvgIpc) is 3.10. The van der Waals surface area contributed by atoms with E-state index in [4.69, 9.17) is 9.47 Å². The molecule has 0 aliphatic carbocycles. The van der Waals surface area contributed by atoms with Gasteiger partial charge in [0.05, 0.1) is 25.0 Å². The van der Waals surface area contributed by atoms with Crippen molar-refractivity contribution in [1.82, 2.24) is 14.6 Å². The molecule has 0 aromatic carbocycles. The fraction of sp³-hybridized carbons (Fsp3) is 0.533. The summed E-state index contributed by atoms with van der Waals surface area (Å²) in [5.74, 6) is 0.475. The van der Waals surface area contributed by atoms with Crippen LogP contribution in [0.1, 0.15) is 30.1 Å². The molecule has 4 rings (SSSR count). The molecule has 2 fully saturated rings. The number of ether oxygens (including phenoxy) is 2. The maximum Gasteiger partial charge on any atom is 0.343 e. The topological polar surface area (TPSA) is 69.0 Å². The van der Waals surface area contributed by atoms with Crippen LogP contribution in [0.3, 0.4) is 0 Å². The Morgan fingerprint density at radius 2 is 2.18 bits per heavy atom. The molecule has 2 aliphatic heterocycles. The molecule has 0 saturated carbocycles. The van der Waals surface area contributed by atoms with E-state index in [-0.39, 0.29) is 5.97 Å². The molecule has 0 radical (unpaired) electrons. The minimum atomic E-state index is -0.385. The lowest BCUT2D eigenvalue weighted by molar-refractivity contribution is 0.0302. The van der Waals surface area contributed by atoms with Gasteiger partial charge in [-0.25, -0.2) is 14.3 Å². The van der Waals surface area contributed by atoms with Gasteiger partial charge in [0.1, 0.15) is 11.4 Å². The Labute approximate surface area is 127 Å². The number of fused-ring (bicyclic) bond motifs is 3. The summed E-state index contributed by atoms with van der Waals surface area (Å²) in [6.45, 7) is 3.82. The van der Waals surface area contributed by atoms with Gasteiger partial charge in [0.25, 0.3) is 0 Å². The van der Waals surface area contributed by atoms with Crippen molar-refractivity contribution in [2.45, 2.75) is 32.0 Å². The minimum absolute atomic E-state index is 0.297. The first-order chi connectivity index (χ1) is 10.7. The van der Waals surface area contributed by atoms with Crippen molar-refractivity contribution in [3.05, 3.63) is 24.0 Å². The Balaban J connectivity index is 1.67. The Kier molecular flexibility index (Phi) is 3.22. The first-order valence-electron chi connectivity index (χ1n) is 7.66. The Bertz CT molecular complexity index is 702. The van der Waals surface area contributed by atoms with E-state index in [0.29, 0.717) is 30.0 Å². The van der Waals surface area contributed by atoms with Crippen molar-refractivity contribution >= 4 is 17.4 Å². The number of rotatable bonds is 3. The lowest BCUT2D eigenvalue weighted by atomic mass is 10.2. The Morgan fingerprint density at radius 1 is 1.41 bits per heavy atom. The smallest absolute Gasteiger partial charge is 0.343 e. The molecule has 22 heavy (non-hydrogen) atoms. The van der Waals surface area contributed by atoms with Crippen LogP contribution in [0.25, 0.3) is 5.65 Å². The highest BCUT2D eigenvalue weighted by Crippen LogP contribution is 2.29. The summed E-state index contributed by atoms with van der Waals surface area (Å²) in [7, 11) is 0. The molecule has 4 heterocycles. The summed E-state index contributed by atoms with van der Waals surface area (Å²) in [6, 6.07) is 1.93. The molecule has 2 aromatic rings. The Morgan fingerprint density at radius 3 is 2.91 bits per heavy atom. The van der Waals surface area contributed by atoms with Crippen molar-refractivity contribution in [1.29, 1.82) is 0 Å². The standard InChI is InChI=1S/C15H18N4O3/c1-2-21-15(20)12-7-16-19-6-5-13(17-14(12)19)18-8-10-3-4-11(9-18)22-10/h5-7,10-11H,2-4,8-9H2,1H3/t10-,11+. The van der Waals surface area contributed by atoms with E-state index in [1.165, 1.54) is 6.20 Å². The van der Waals surface area contributed by atoms with Gasteiger partial charge in [-0.3, -0.25) is 0 Å². The molecular weight excluding hydrogens is 284 g/mol. The number of aromatic nitrogens is 3. The SMILES string of the molecule is CCOC(=O)c1cnn2ccc(N3C[C@H]4CC[C@@H](C3)O4)nc12. The van der Waals surface area contributed by atoms with Gasteiger partial charge in [0.15, 0.2) is 5.65 Å². The molecule has 0 N–H and O–H groups in total. The van der Waals surface area contributed by atoms with E-state index >= 15 is 0 Å². The largest absolute Gasteiger partial charge is 0.462 e. The molecule has 2 aromatic heterocycles. The summed E-state index contributed by atoms with van der Waals surface area (Å²) in [4.78, 5) is 18.8. The zero-order valence-corrected chi connectivity index (χ0v) is 12.4. The monoisotopic (exact) mass is 302 g/mol. The second kappa shape index (κ2) is 5.24. The number of carbonyl (C=O) groups excluding carboxylic acids is 1. The van der Waals surface area contributed by atoms with Gasteiger partial charge in [-0.1, -0.05) is 0 Å². The van der Waals surface area contributed by atoms with E-state index in [0.717, 1.165) is 31.7 Å². The normalized spacial score (nSPS) is 24.0. The maximum atomic E-state index is 12.0. The molecule has 2 atom stereocenters. The number of anilines is 1. The number of hydrogen-bond donors (Lipinski definition) is 0. The van der Waals surface area contributed by atoms with Crippen LogP contribution < -0.4 is 4.90 Å². The summed E-state index contributed by atoms with van der Waals surface area (Å²) in [6.07, 6.45) is 6.16. The molecular formula is C15H18N4O3. The molecule has 7 nitrogen and oxygen atoms in total. The third-order valence-corrected chi connectivity index (χ3v) is 4.22. The molecule has 116 valence electrons. The third kappa shape index (κ3) is 2.21. The lowest BCUT2D eigenvalue weighted by Gasteiger charge is -2.32. The predicted octanol–water partition coefficient (Wildman–Crippen LogP) is 1.27. The summed E-state index contributed by atoms with van der Waals surface area (Å²) in [5, 5.41) is 4.16. The van der Waals surface area contributed by atoms with Gasteiger partial charge in [0, 0.05) is 19.3 Å². The molecule has 0 amide bonds. The van der Waals surface area contributed by atoms with Crippen molar-refractivity contribution in [3.8, 4) is 0 Å². The zero-order valence-electron chi connectivity index (χ0n) is 12.4. The zero-order chi connectivity index (χ0) is 15.1. The van der Waals surface area contributed by atoms with Gasteiger partial charge in [-0.2, -0.15) is 5.10 Å². The molecule has 2 bridgehead atoms. The van der Waals surface area contributed by atoms with Crippen LogP contribution >= 0.6 is 0 Å². The third-order valence-electron chi connectivity index (χ3n) is 4.22. The Hall–Kier alpha value is -2.15. The van der Waals surface area contributed by atoms with E-state index < -0.39 is 0 Å². The van der Waals surface area contributed by atoms with Crippen LogP contribution in [0.15, 0.2) is 18.5 Å². The van der Waals surface area contributed by atoms with Gasteiger partial charge in [-0.15, -0.1) is 0 Å². The molecule has 2 aliphatic rings. The number of nitrogens with zero attached hydrogens (tertiary/aromatic N) is 4. The van der Waals surface area contributed by atoms with Crippen molar-refractivity contribution in [3.63, 3.8) is 0 Å². The highest BCUT2D eigenvalue weighted by atomic mass is 16.5. The second-order valence-electron chi connectivity index (χ2n) is 5.70. The van der Waals surface area contributed by atoms with Gasteiger partial charge in [0.2, 0.25) is 0 Å². The fourth-order valence-corrected chi connectivity index (χ4v) is 3.19. The van der Waals surface area contributed by atoms with Gasteiger partial charge in [-0.05, 0) is 25.8 Å². The maximum absolute atomic E-state index is 12.0. The first-order valence-corrected chi connectivity index (χ1v) is 7.66. The van der Waals surface area contributed by atoms with Crippen LogP contribution in [0.4, 0.5) is 5.82 Å². The van der Waals surface area contributed by atoms with E-state index in [2.05, 4.69) is 15.0 Å². The minimum Gasteiger partial charge on any atom is -0.462 e. The molecule has 0 unspecified atom stereocenters. The van der Waals surface area contributed by atoms with Crippen LogP contribution in [-0.4, -0.2) is 52.5 Å². The van der Waals surface area contributed by atoms with Gasteiger partial charge >= 0.3 is 5.97 Å². The summed E-state index contributed by atoms with van der Waals surface area (Å²) >= 11 is 0. The average molecular weight is 302 g/mol. The fourth-order valence-electron chi connectivity index (χ4n) is 3.19. The number of morpholine rings is 1. The van der Waals surface area contributed by atoms with E-state index in [9.17, 15) is 4.79 Å². The van der Waals surface area contributed by atoms with Crippen molar-refractivity contribution in [2.24, 2.45) is 0 Å². The molecule has 7 heteroatoms. The number of carbonyl (C=O) groups is 1. The van der Waals surface area contributed by atoms with Crippen LogP contribution in [0, 0.1) is 0 Å². The molecule has 2 saturated heterocycles. The van der Waals surface area contributed by atoms with Crippen LogP contribution in [0.5, 0.6) is 0 Å². The highest BCUT2D eigenvalue weighted by molar-refractivity contribution is 5.95. The number of esters is 1. The van der Waals surface area contributed by atoms with E-state index in [1.807, 2.05) is 12.3 Å². The molecule has 0 spiro atoms. The van der Waals surface area contributed by atoms with Crippen LogP contribution in [-0.2, 0) is 9.47 Å². The van der Waals surface area contributed by atoms with Crippen molar-refractivity contribution in [2.75, 3.05) is 24.6 Å². The lowest BCUT2D eigenvalue weighted by Crippen LogP contribution is -2.43. The second-order valence-corrected chi connectivity index (χ2v) is 5.70. The van der Waals surface area contributed by atoms with Crippen LogP contribution in [0.2, 0.25) is 0 Å². The first kappa shape index (κ1) is 13.5. The van der Waals surface area contributed by atoms with Gasteiger partial charge < -0.3 is 14.4 Å². The van der Waals surface area contributed by atoms with E-state index in [1.54, 1.807) is 11.4 Å². The van der Waals surface area contributed by atoms with Crippen molar-refractivity contribution < 1.29 is 14.3 Å². The summed E-state index contributed by atoms with van der Waals surface area (Å²) in [5.41, 5.74) is 0.940. The summed E-state index contributed by atoms with van der Waals surface area (Å²) < 4.78 is 12.5. The highest BCUT2D eigenvalue weighted by Gasteiger charge is 2.34.